The number of carbonyl (C=O) groups is 1. The van der Waals surface area contributed by atoms with Crippen LogP contribution in [0.25, 0.3) is 10.3 Å². The van der Waals surface area contributed by atoms with Gasteiger partial charge in [-0.3, -0.25) is 4.79 Å². The molecule has 1 aromatic carbocycles. The molecule has 5 rings (SSSR count). The Balaban J connectivity index is 1.39. The molecule has 0 aliphatic carbocycles. The molecule has 0 spiro atoms. The predicted molar refractivity (Wildman–Crippen MR) is 117 cm³/mol. The van der Waals surface area contributed by atoms with Crippen molar-refractivity contribution in [3.63, 3.8) is 0 Å². The zero-order valence-electron chi connectivity index (χ0n) is 16.9. The van der Waals surface area contributed by atoms with E-state index in [1.54, 1.807) is 13.4 Å². The summed E-state index contributed by atoms with van der Waals surface area (Å²) in [6.45, 7) is 3.54. The topological polar surface area (TPSA) is 92.3 Å². The highest BCUT2D eigenvalue weighted by Gasteiger charge is 2.26. The maximum atomic E-state index is 12.7. The van der Waals surface area contributed by atoms with Crippen LogP contribution >= 0.6 is 11.3 Å². The van der Waals surface area contributed by atoms with E-state index in [9.17, 15) is 4.79 Å². The van der Waals surface area contributed by atoms with Crippen LogP contribution in [0, 0.1) is 5.92 Å². The van der Waals surface area contributed by atoms with Crippen molar-refractivity contribution in [3.05, 3.63) is 35.1 Å². The highest BCUT2D eigenvalue weighted by molar-refractivity contribution is 7.19. The molecule has 0 atom stereocenters. The number of fused-ring (bicyclic) bond motifs is 2. The van der Waals surface area contributed by atoms with Gasteiger partial charge in [0.05, 0.1) is 7.11 Å². The zero-order chi connectivity index (χ0) is 20.5. The van der Waals surface area contributed by atoms with Crippen LogP contribution in [0.2, 0.25) is 0 Å². The van der Waals surface area contributed by atoms with Crippen molar-refractivity contribution < 1.29 is 9.53 Å². The Morgan fingerprint density at radius 2 is 2.20 bits per heavy atom. The number of piperidine rings is 1. The van der Waals surface area contributed by atoms with Crippen LogP contribution in [0.1, 0.15) is 28.2 Å². The third-order valence-electron chi connectivity index (χ3n) is 5.82. The van der Waals surface area contributed by atoms with Gasteiger partial charge in [0.15, 0.2) is 10.8 Å². The number of amides is 1. The predicted octanol–water partition coefficient (Wildman–Crippen LogP) is 2.52. The summed E-state index contributed by atoms with van der Waals surface area (Å²) in [5.41, 5.74) is 3.00. The summed E-state index contributed by atoms with van der Waals surface area (Å²) < 4.78 is 5.34. The van der Waals surface area contributed by atoms with Crippen molar-refractivity contribution >= 4 is 39.1 Å². The van der Waals surface area contributed by atoms with Crippen LogP contribution in [0.5, 0.6) is 5.75 Å². The third-order valence-corrected chi connectivity index (χ3v) is 6.78. The van der Waals surface area contributed by atoms with Crippen LogP contribution in [-0.2, 0) is 6.42 Å². The lowest BCUT2D eigenvalue weighted by atomic mass is 9.98. The Labute approximate surface area is 178 Å². The fourth-order valence-corrected chi connectivity index (χ4v) is 4.98. The number of hydrogen-bond donors (Lipinski definition) is 2. The molecule has 9 heteroatoms. The summed E-state index contributed by atoms with van der Waals surface area (Å²) in [7, 11) is 1.68. The molecule has 0 radical (unpaired) electrons. The number of anilines is 2. The first-order chi connectivity index (χ1) is 14.7. The van der Waals surface area contributed by atoms with Gasteiger partial charge in [0, 0.05) is 18.8 Å². The minimum Gasteiger partial charge on any atom is -0.497 e. The highest BCUT2D eigenvalue weighted by atomic mass is 32.1. The number of nitrogens with one attached hydrogen (secondary N) is 2. The first kappa shape index (κ1) is 19.2. The molecule has 2 aliphatic rings. The molecule has 1 amide bonds. The Morgan fingerprint density at radius 1 is 1.33 bits per heavy atom. The highest BCUT2D eigenvalue weighted by Crippen LogP contribution is 2.38. The van der Waals surface area contributed by atoms with E-state index in [4.69, 9.17) is 4.74 Å². The molecular weight excluding hydrogens is 400 g/mol. The molecule has 0 bridgehead atoms. The molecule has 2 N–H and O–H groups in total. The summed E-state index contributed by atoms with van der Waals surface area (Å²) in [4.78, 5) is 29.1. The number of benzene rings is 1. The van der Waals surface area contributed by atoms with Crippen LogP contribution in [0.3, 0.4) is 0 Å². The van der Waals surface area contributed by atoms with E-state index in [1.165, 1.54) is 16.9 Å². The number of nitrogens with zero attached hydrogens (tertiary/aromatic N) is 4. The molecule has 2 aliphatic heterocycles. The first-order valence-corrected chi connectivity index (χ1v) is 11.1. The lowest BCUT2D eigenvalue weighted by Crippen LogP contribution is -2.35. The second kappa shape index (κ2) is 8.16. The maximum Gasteiger partial charge on any atom is 0.280 e. The van der Waals surface area contributed by atoms with Gasteiger partial charge >= 0.3 is 0 Å². The second-order valence-corrected chi connectivity index (χ2v) is 8.65. The van der Waals surface area contributed by atoms with Crippen LogP contribution in [0.4, 0.5) is 11.5 Å². The molecule has 30 heavy (non-hydrogen) atoms. The van der Waals surface area contributed by atoms with Crippen molar-refractivity contribution in [2.75, 3.05) is 38.2 Å². The zero-order valence-corrected chi connectivity index (χ0v) is 17.7. The number of rotatable bonds is 5. The molecule has 0 saturated carbocycles. The van der Waals surface area contributed by atoms with E-state index in [-0.39, 0.29) is 5.91 Å². The molecule has 1 fully saturated rings. The Morgan fingerprint density at radius 3 is 3.03 bits per heavy atom. The van der Waals surface area contributed by atoms with Crippen LogP contribution in [-0.4, -0.2) is 54.1 Å². The number of methoxy groups -OCH3 is 1. The summed E-state index contributed by atoms with van der Waals surface area (Å²) >= 11 is 1.32. The molecule has 156 valence electrons. The number of thiazole rings is 1. The normalized spacial score (nSPS) is 16.6. The van der Waals surface area contributed by atoms with Crippen molar-refractivity contribution in [2.45, 2.75) is 19.3 Å². The molecule has 2 aromatic heterocycles. The molecule has 3 aromatic rings. The smallest absolute Gasteiger partial charge is 0.280 e. The lowest BCUT2D eigenvalue weighted by molar-refractivity contribution is 0.0944. The van der Waals surface area contributed by atoms with Gasteiger partial charge in [-0.1, -0.05) is 11.3 Å². The fraction of sp³-hybridized carbons (Fsp3) is 0.429. The van der Waals surface area contributed by atoms with Gasteiger partial charge in [-0.2, -0.15) is 0 Å². The minimum absolute atomic E-state index is 0.131. The number of ether oxygens (including phenoxy) is 1. The van der Waals surface area contributed by atoms with Crippen LogP contribution in [0.15, 0.2) is 24.5 Å². The average molecular weight is 425 g/mol. The summed E-state index contributed by atoms with van der Waals surface area (Å²) in [6, 6.07) is 6.07. The Kier molecular flexibility index (Phi) is 5.22. The number of carbonyl (C=O) groups excluding carboxylic acids is 1. The number of aromatic nitrogens is 3. The van der Waals surface area contributed by atoms with E-state index >= 15 is 0 Å². The summed E-state index contributed by atoms with van der Waals surface area (Å²) in [5.74, 6) is 1.99. The number of hydrogen-bond acceptors (Lipinski definition) is 8. The third kappa shape index (κ3) is 3.59. The van der Waals surface area contributed by atoms with Gasteiger partial charge in [-0.25, -0.2) is 15.0 Å². The van der Waals surface area contributed by atoms with E-state index in [1.807, 2.05) is 12.1 Å². The summed E-state index contributed by atoms with van der Waals surface area (Å²) in [6.07, 6.45) is 4.64. The van der Waals surface area contributed by atoms with E-state index < -0.39 is 0 Å². The van der Waals surface area contributed by atoms with Gasteiger partial charge in [-0.15, -0.1) is 0 Å². The van der Waals surface area contributed by atoms with Gasteiger partial charge < -0.3 is 20.3 Å². The van der Waals surface area contributed by atoms with Crippen molar-refractivity contribution in [3.8, 4) is 5.75 Å². The van der Waals surface area contributed by atoms with Crippen molar-refractivity contribution in [2.24, 2.45) is 5.92 Å². The quantitative estimate of drug-likeness (QED) is 0.650. The van der Waals surface area contributed by atoms with Gasteiger partial charge in [0.25, 0.3) is 5.91 Å². The SMILES string of the molecule is COc1ccc2c(c1)CCN2c1ncnc2sc(C(=O)NCC3CCNCC3)nc12. The minimum atomic E-state index is -0.131. The van der Waals surface area contributed by atoms with Crippen molar-refractivity contribution in [1.82, 2.24) is 25.6 Å². The standard InChI is InChI=1S/C21H24N6O2S/c1-29-15-2-3-16-14(10-15)6-9-27(16)18-17-20(25-12-24-18)30-21(26-17)19(28)23-11-13-4-7-22-8-5-13/h2-3,10,12-13,22H,4-9,11H2,1H3,(H,23,28). The Hall–Kier alpha value is -2.78. The average Bonchev–Trinajstić information content (AvgIpc) is 3.42. The van der Waals surface area contributed by atoms with Gasteiger partial charge in [0.1, 0.15) is 22.4 Å². The van der Waals surface area contributed by atoms with E-state index in [0.29, 0.717) is 23.0 Å². The van der Waals surface area contributed by atoms with E-state index in [2.05, 4.69) is 36.6 Å². The van der Waals surface area contributed by atoms with Crippen LogP contribution < -0.4 is 20.3 Å². The van der Waals surface area contributed by atoms with Gasteiger partial charge in [0.2, 0.25) is 0 Å². The largest absolute Gasteiger partial charge is 0.497 e. The van der Waals surface area contributed by atoms with E-state index in [0.717, 1.165) is 61.0 Å². The Bertz CT molecular complexity index is 1080. The molecular formula is C21H24N6O2S. The molecule has 0 unspecified atom stereocenters. The molecule has 1 saturated heterocycles. The van der Waals surface area contributed by atoms with Gasteiger partial charge in [-0.05, 0) is 62.0 Å². The molecule has 4 heterocycles. The first-order valence-electron chi connectivity index (χ1n) is 10.3. The maximum absolute atomic E-state index is 12.7. The summed E-state index contributed by atoms with van der Waals surface area (Å²) in [5, 5.41) is 6.84. The second-order valence-electron chi connectivity index (χ2n) is 7.67. The fourth-order valence-electron chi connectivity index (χ4n) is 4.16. The molecule has 8 nitrogen and oxygen atoms in total. The lowest BCUT2D eigenvalue weighted by Gasteiger charge is -2.22. The monoisotopic (exact) mass is 424 g/mol. The van der Waals surface area contributed by atoms with Crippen molar-refractivity contribution in [1.29, 1.82) is 0 Å².